The van der Waals surface area contributed by atoms with Crippen molar-refractivity contribution in [3.05, 3.63) is 0 Å². The molecule has 0 rings (SSSR count). The van der Waals surface area contributed by atoms with E-state index in [4.69, 9.17) is 10.2 Å². The predicted molar refractivity (Wildman–Crippen MR) is 111 cm³/mol. The van der Waals surface area contributed by atoms with Crippen molar-refractivity contribution in [3.63, 3.8) is 0 Å². The second-order valence-corrected chi connectivity index (χ2v) is 7.45. The highest BCUT2D eigenvalue weighted by atomic mass is 16.3. The summed E-state index contributed by atoms with van der Waals surface area (Å²) in [4.78, 5) is 0. The largest absolute Gasteiger partial charge is 0.396 e. The second-order valence-electron chi connectivity index (χ2n) is 7.45. The molecular formula is C22H48O4. The van der Waals surface area contributed by atoms with E-state index < -0.39 is 0 Å². The molecule has 160 valence electrons. The first-order valence-corrected chi connectivity index (χ1v) is 11.2. The Morgan fingerprint density at radius 2 is 0.769 bits per heavy atom. The van der Waals surface area contributed by atoms with Crippen LogP contribution in [0.1, 0.15) is 117 Å². The molecular weight excluding hydrogens is 328 g/mol. The Hall–Kier alpha value is -0.160. The Labute approximate surface area is 163 Å². The second kappa shape index (κ2) is 24.8. The molecule has 0 aromatic carbocycles. The lowest BCUT2D eigenvalue weighted by atomic mass is 10.0. The molecule has 0 saturated carbocycles. The Kier molecular flexibility index (Phi) is 26.8. The van der Waals surface area contributed by atoms with E-state index in [1.165, 1.54) is 38.5 Å². The normalized spacial score (nSPS) is 13.2. The van der Waals surface area contributed by atoms with Gasteiger partial charge in [0.2, 0.25) is 0 Å². The molecule has 0 aliphatic heterocycles. The first kappa shape index (κ1) is 28.1. The molecule has 0 bridgehead atoms. The smallest absolute Gasteiger partial charge is 0.0540 e. The Morgan fingerprint density at radius 1 is 0.462 bits per heavy atom. The van der Waals surface area contributed by atoms with Gasteiger partial charge in [-0.2, -0.15) is 0 Å². The first-order valence-electron chi connectivity index (χ1n) is 11.2. The number of hydrogen-bond donors (Lipinski definition) is 4. The molecule has 4 N–H and O–H groups in total. The van der Waals surface area contributed by atoms with Gasteiger partial charge in [-0.05, 0) is 51.4 Å². The Morgan fingerprint density at radius 3 is 1.04 bits per heavy atom. The van der Waals surface area contributed by atoms with Crippen LogP contribution < -0.4 is 0 Å². The number of aliphatic hydroxyl groups is 4. The maximum absolute atomic E-state index is 9.49. The van der Waals surface area contributed by atoms with Gasteiger partial charge in [-0.3, -0.25) is 0 Å². The van der Waals surface area contributed by atoms with Gasteiger partial charge < -0.3 is 20.4 Å². The fraction of sp³-hybridized carbons (Fsp3) is 1.00. The number of unbranched alkanes of at least 4 members (excludes halogenated alkanes) is 8. The highest BCUT2D eigenvalue weighted by Crippen LogP contribution is 2.11. The van der Waals surface area contributed by atoms with Gasteiger partial charge in [-0.15, -0.1) is 0 Å². The summed E-state index contributed by atoms with van der Waals surface area (Å²) in [5.74, 6) is 0. The molecule has 0 aliphatic rings. The zero-order chi connectivity index (χ0) is 19.9. The molecule has 0 aromatic rings. The number of aliphatic hydroxyl groups excluding tert-OH is 4. The van der Waals surface area contributed by atoms with Gasteiger partial charge in [0.25, 0.3) is 0 Å². The molecule has 0 aliphatic carbocycles. The van der Waals surface area contributed by atoms with Crippen LogP contribution in [0, 0.1) is 0 Å². The highest BCUT2D eigenvalue weighted by Gasteiger charge is 2.03. The molecule has 4 heteroatoms. The van der Waals surface area contributed by atoms with Crippen molar-refractivity contribution in [3.8, 4) is 0 Å². The van der Waals surface area contributed by atoms with E-state index in [0.29, 0.717) is 0 Å². The predicted octanol–water partition coefficient (Wildman–Crippen LogP) is 4.96. The van der Waals surface area contributed by atoms with Gasteiger partial charge in [0, 0.05) is 13.2 Å². The number of rotatable bonds is 18. The van der Waals surface area contributed by atoms with Crippen LogP contribution >= 0.6 is 0 Å². The summed E-state index contributed by atoms with van der Waals surface area (Å²) < 4.78 is 0. The van der Waals surface area contributed by atoms with Gasteiger partial charge in [-0.25, -0.2) is 0 Å². The maximum Gasteiger partial charge on any atom is 0.0540 e. The van der Waals surface area contributed by atoms with E-state index in [0.717, 1.165) is 64.2 Å². The van der Waals surface area contributed by atoms with Crippen LogP contribution in [0.2, 0.25) is 0 Å². The van der Waals surface area contributed by atoms with E-state index in [2.05, 4.69) is 13.8 Å². The summed E-state index contributed by atoms with van der Waals surface area (Å²) in [6, 6.07) is 0. The minimum Gasteiger partial charge on any atom is -0.396 e. The zero-order valence-corrected chi connectivity index (χ0v) is 17.7. The molecule has 0 radical (unpaired) electrons. The average Bonchev–Trinajstić information content (AvgIpc) is 2.63. The molecule has 2 unspecified atom stereocenters. The monoisotopic (exact) mass is 376 g/mol. The van der Waals surface area contributed by atoms with Crippen molar-refractivity contribution in [1.82, 2.24) is 0 Å². The van der Waals surface area contributed by atoms with Crippen molar-refractivity contribution in [1.29, 1.82) is 0 Å². The van der Waals surface area contributed by atoms with Crippen LogP contribution in [0.3, 0.4) is 0 Å². The third-order valence-electron chi connectivity index (χ3n) is 4.67. The number of hydrogen-bond acceptors (Lipinski definition) is 4. The molecule has 0 heterocycles. The third-order valence-corrected chi connectivity index (χ3v) is 4.67. The van der Waals surface area contributed by atoms with Crippen LogP contribution in [-0.2, 0) is 0 Å². The fourth-order valence-electron chi connectivity index (χ4n) is 2.89. The molecule has 0 spiro atoms. The van der Waals surface area contributed by atoms with Crippen LogP contribution in [0.5, 0.6) is 0 Å². The molecule has 0 saturated heterocycles. The van der Waals surface area contributed by atoms with Crippen molar-refractivity contribution in [2.75, 3.05) is 13.2 Å². The lowest BCUT2D eigenvalue weighted by molar-refractivity contribution is 0.143. The van der Waals surface area contributed by atoms with Crippen LogP contribution in [-0.4, -0.2) is 45.8 Å². The molecule has 2 atom stereocenters. The Bertz CT molecular complexity index is 212. The van der Waals surface area contributed by atoms with Crippen molar-refractivity contribution in [2.24, 2.45) is 0 Å². The minimum atomic E-state index is -0.136. The van der Waals surface area contributed by atoms with Crippen molar-refractivity contribution < 1.29 is 20.4 Å². The summed E-state index contributed by atoms with van der Waals surface area (Å²) in [5.41, 5.74) is 0. The molecule has 4 nitrogen and oxygen atoms in total. The highest BCUT2D eigenvalue weighted by molar-refractivity contribution is 4.57. The zero-order valence-electron chi connectivity index (χ0n) is 17.7. The van der Waals surface area contributed by atoms with Crippen LogP contribution in [0.15, 0.2) is 0 Å². The Balaban J connectivity index is 0. The topological polar surface area (TPSA) is 80.9 Å². The van der Waals surface area contributed by atoms with Crippen LogP contribution in [0.25, 0.3) is 0 Å². The summed E-state index contributed by atoms with van der Waals surface area (Å²) in [6.45, 7) is 4.89. The van der Waals surface area contributed by atoms with Gasteiger partial charge in [0.05, 0.1) is 12.2 Å². The SMILES string of the molecule is CCCCCCC(O)CCCCO.CCCCCCC(O)CCCCO. The van der Waals surface area contributed by atoms with E-state index in [1.807, 2.05) is 0 Å². The minimum absolute atomic E-state index is 0.136. The van der Waals surface area contributed by atoms with Gasteiger partial charge in [0.1, 0.15) is 0 Å². The van der Waals surface area contributed by atoms with Crippen molar-refractivity contribution in [2.45, 2.75) is 129 Å². The maximum atomic E-state index is 9.49. The lowest BCUT2D eigenvalue weighted by Crippen LogP contribution is -2.06. The van der Waals surface area contributed by atoms with Gasteiger partial charge >= 0.3 is 0 Å². The molecule has 0 aromatic heterocycles. The summed E-state index contributed by atoms with van der Waals surface area (Å²) in [7, 11) is 0. The third kappa shape index (κ3) is 26.1. The average molecular weight is 377 g/mol. The first-order chi connectivity index (χ1) is 12.6. The van der Waals surface area contributed by atoms with E-state index in [1.54, 1.807) is 0 Å². The van der Waals surface area contributed by atoms with E-state index in [-0.39, 0.29) is 25.4 Å². The van der Waals surface area contributed by atoms with Gasteiger partial charge in [0.15, 0.2) is 0 Å². The lowest BCUT2D eigenvalue weighted by Gasteiger charge is -2.09. The van der Waals surface area contributed by atoms with Crippen molar-refractivity contribution >= 4 is 0 Å². The molecule has 0 fully saturated rings. The van der Waals surface area contributed by atoms with E-state index in [9.17, 15) is 10.2 Å². The van der Waals surface area contributed by atoms with Crippen LogP contribution in [0.4, 0.5) is 0 Å². The quantitative estimate of drug-likeness (QED) is 0.255. The standard InChI is InChI=1S/2C11H24O2/c2*1-2-3-4-5-8-11(13)9-6-7-10-12/h2*11-13H,2-10H2,1H3. The molecule has 0 amide bonds. The summed E-state index contributed by atoms with van der Waals surface area (Å²) in [5, 5.41) is 36.1. The van der Waals surface area contributed by atoms with E-state index >= 15 is 0 Å². The summed E-state index contributed by atoms with van der Waals surface area (Å²) in [6.07, 6.45) is 16.7. The summed E-state index contributed by atoms with van der Waals surface area (Å²) >= 11 is 0. The molecule has 26 heavy (non-hydrogen) atoms. The fourth-order valence-corrected chi connectivity index (χ4v) is 2.89. The van der Waals surface area contributed by atoms with Gasteiger partial charge in [-0.1, -0.05) is 65.2 Å².